The maximum atomic E-state index is 12.7. The Bertz CT molecular complexity index is 735. The van der Waals surface area contributed by atoms with E-state index in [2.05, 4.69) is 33.2 Å². The van der Waals surface area contributed by atoms with Crippen LogP contribution in [0, 0.1) is 3.57 Å². The molecule has 5 nitrogen and oxygen atoms in total. The molecule has 1 unspecified atom stereocenters. The van der Waals surface area contributed by atoms with Gasteiger partial charge in [0.2, 0.25) is 0 Å². The number of benzene rings is 2. The van der Waals surface area contributed by atoms with Crippen LogP contribution in [-0.4, -0.2) is 24.5 Å². The molecular formula is C19H21IN2O3. The number of hydrogen-bond acceptors (Lipinski definition) is 4. The summed E-state index contributed by atoms with van der Waals surface area (Å²) in [6.45, 7) is 3.88. The maximum Gasteiger partial charge on any atom is 0.307 e. The summed E-state index contributed by atoms with van der Waals surface area (Å²) < 4.78 is 5.88. The number of carbonyl (C=O) groups excluding carboxylic acids is 2. The monoisotopic (exact) mass is 452 g/mol. The molecule has 2 rings (SSSR count). The summed E-state index contributed by atoms with van der Waals surface area (Å²) >= 11 is 2.17. The summed E-state index contributed by atoms with van der Waals surface area (Å²) in [5, 5.41) is 6.11. The number of halogens is 1. The van der Waals surface area contributed by atoms with Gasteiger partial charge in [-0.1, -0.05) is 18.2 Å². The standard InChI is InChI=1S/C19H21IN2O3/c1-3-25-18(23)11-13(2)21-19(24)16-12-14(20)9-10-17(16)22-15-7-5-4-6-8-15/h4-10,12-13,22H,3,11H2,1-2H3,(H,21,24). The summed E-state index contributed by atoms with van der Waals surface area (Å²) in [5.74, 6) is -0.547. The SMILES string of the molecule is CCOC(=O)CC(C)NC(=O)c1cc(I)ccc1Nc1ccccc1. The van der Waals surface area contributed by atoms with Crippen molar-refractivity contribution in [3.8, 4) is 0 Å². The minimum atomic E-state index is -0.319. The first-order valence-electron chi connectivity index (χ1n) is 8.07. The van der Waals surface area contributed by atoms with E-state index in [1.165, 1.54) is 0 Å². The number of amides is 1. The van der Waals surface area contributed by atoms with Gasteiger partial charge >= 0.3 is 5.97 Å². The Morgan fingerprint density at radius 3 is 2.56 bits per heavy atom. The van der Waals surface area contributed by atoms with Crippen molar-refractivity contribution in [3.05, 3.63) is 57.7 Å². The van der Waals surface area contributed by atoms with Gasteiger partial charge in [0.1, 0.15) is 0 Å². The lowest BCUT2D eigenvalue weighted by atomic mass is 10.1. The highest BCUT2D eigenvalue weighted by Gasteiger charge is 2.17. The van der Waals surface area contributed by atoms with Crippen molar-refractivity contribution in [1.82, 2.24) is 5.32 Å². The van der Waals surface area contributed by atoms with Crippen LogP contribution in [0.3, 0.4) is 0 Å². The number of para-hydroxylation sites is 1. The summed E-state index contributed by atoms with van der Waals surface area (Å²) in [6.07, 6.45) is 0.144. The van der Waals surface area contributed by atoms with Gasteiger partial charge in [-0.15, -0.1) is 0 Å². The molecule has 0 saturated carbocycles. The quantitative estimate of drug-likeness (QED) is 0.491. The molecule has 0 aliphatic rings. The number of carbonyl (C=O) groups is 2. The third-order valence-corrected chi connectivity index (χ3v) is 4.11. The number of esters is 1. The van der Waals surface area contributed by atoms with Gasteiger partial charge in [0.15, 0.2) is 0 Å². The Kier molecular flexibility index (Phi) is 7.24. The van der Waals surface area contributed by atoms with E-state index in [0.717, 1.165) is 9.26 Å². The molecule has 1 amide bonds. The highest BCUT2D eigenvalue weighted by atomic mass is 127. The molecule has 25 heavy (non-hydrogen) atoms. The lowest BCUT2D eigenvalue weighted by Crippen LogP contribution is -2.35. The second-order valence-electron chi connectivity index (χ2n) is 5.56. The van der Waals surface area contributed by atoms with Crippen molar-refractivity contribution in [2.24, 2.45) is 0 Å². The molecule has 0 bridgehead atoms. The Hall–Kier alpha value is -2.09. The third kappa shape index (κ3) is 6.04. The van der Waals surface area contributed by atoms with Crippen LogP contribution in [0.2, 0.25) is 0 Å². The van der Waals surface area contributed by atoms with Gasteiger partial charge < -0.3 is 15.4 Å². The van der Waals surface area contributed by atoms with Gasteiger partial charge in [0, 0.05) is 15.3 Å². The van der Waals surface area contributed by atoms with Crippen molar-refractivity contribution < 1.29 is 14.3 Å². The molecule has 0 fully saturated rings. The van der Waals surface area contributed by atoms with E-state index in [0.29, 0.717) is 17.9 Å². The minimum Gasteiger partial charge on any atom is -0.466 e. The van der Waals surface area contributed by atoms with Crippen LogP contribution in [0.15, 0.2) is 48.5 Å². The Morgan fingerprint density at radius 2 is 1.88 bits per heavy atom. The predicted octanol–water partition coefficient (Wildman–Crippen LogP) is 4.11. The fourth-order valence-corrected chi connectivity index (χ4v) is 2.80. The summed E-state index contributed by atoms with van der Waals surface area (Å²) in [7, 11) is 0. The fraction of sp³-hybridized carbons (Fsp3) is 0.263. The number of hydrogen-bond donors (Lipinski definition) is 2. The highest BCUT2D eigenvalue weighted by molar-refractivity contribution is 14.1. The molecule has 0 aliphatic carbocycles. The van der Waals surface area contributed by atoms with Crippen molar-refractivity contribution in [3.63, 3.8) is 0 Å². The van der Waals surface area contributed by atoms with Crippen LogP contribution in [-0.2, 0) is 9.53 Å². The predicted molar refractivity (Wildman–Crippen MR) is 107 cm³/mol. The summed E-state index contributed by atoms with van der Waals surface area (Å²) in [4.78, 5) is 24.2. The van der Waals surface area contributed by atoms with E-state index in [-0.39, 0.29) is 24.3 Å². The molecule has 0 aliphatic heterocycles. The van der Waals surface area contributed by atoms with Crippen LogP contribution in [0.4, 0.5) is 11.4 Å². The van der Waals surface area contributed by atoms with Crippen molar-refractivity contribution in [1.29, 1.82) is 0 Å². The largest absolute Gasteiger partial charge is 0.466 e. The Labute approximate surface area is 161 Å². The van der Waals surface area contributed by atoms with Crippen LogP contribution in [0.1, 0.15) is 30.6 Å². The van der Waals surface area contributed by atoms with Crippen molar-refractivity contribution in [2.75, 3.05) is 11.9 Å². The van der Waals surface area contributed by atoms with E-state index in [1.807, 2.05) is 48.5 Å². The second kappa shape index (κ2) is 9.41. The van der Waals surface area contributed by atoms with Gasteiger partial charge in [0.25, 0.3) is 5.91 Å². The van der Waals surface area contributed by atoms with E-state index in [1.54, 1.807) is 13.8 Å². The fourth-order valence-electron chi connectivity index (χ4n) is 2.31. The lowest BCUT2D eigenvalue weighted by Gasteiger charge is -2.16. The summed E-state index contributed by atoms with van der Waals surface area (Å²) in [5.41, 5.74) is 2.15. The van der Waals surface area contributed by atoms with Gasteiger partial charge in [0.05, 0.1) is 24.3 Å². The Morgan fingerprint density at radius 1 is 1.16 bits per heavy atom. The molecule has 0 aromatic heterocycles. The smallest absolute Gasteiger partial charge is 0.307 e. The van der Waals surface area contributed by atoms with Gasteiger partial charge in [-0.2, -0.15) is 0 Å². The zero-order chi connectivity index (χ0) is 18.2. The number of nitrogens with one attached hydrogen (secondary N) is 2. The molecule has 6 heteroatoms. The Balaban J connectivity index is 2.12. The molecular weight excluding hydrogens is 431 g/mol. The minimum absolute atomic E-state index is 0.144. The summed E-state index contributed by atoms with van der Waals surface area (Å²) in [6, 6.07) is 15.0. The first-order valence-corrected chi connectivity index (χ1v) is 9.15. The first-order chi connectivity index (χ1) is 12.0. The van der Waals surface area contributed by atoms with Gasteiger partial charge in [-0.05, 0) is 66.8 Å². The average molecular weight is 452 g/mol. The molecule has 2 aromatic rings. The number of rotatable bonds is 7. The van der Waals surface area contributed by atoms with Crippen molar-refractivity contribution >= 4 is 45.8 Å². The molecule has 132 valence electrons. The molecule has 2 aromatic carbocycles. The van der Waals surface area contributed by atoms with Gasteiger partial charge in [-0.25, -0.2) is 0 Å². The maximum absolute atomic E-state index is 12.7. The van der Waals surface area contributed by atoms with E-state index in [9.17, 15) is 9.59 Å². The normalized spacial score (nSPS) is 11.5. The second-order valence-corrected chi connectivity index (χ2v) is 6.81. The molecule has 0 radical (unpaired) electrons. The van der Waals surface area contributed by atoms with E-state index in [4.69, 9.17) is 4.74 Å². The van der Waals surface area contributed by atoms with Crippen LogP contribution < -0.4 is 10.6 Å². The molecule has 0 saturated heterocycles. The molecule has 2 N–H and O–H groups in total. The van der Waals surface area contributed by atoms with E-state index >= 15 is 0 Å². The third-order valence-electron chi connectivity index (χ3n) is 3.43. The first kappa shape index (κ1) is 19.2. The molecule has 1 atom stereocenters. The average Bonchev–Trinajstić information content (AvgIpc) is 2.57. The van der Waals surface area contributed by atoms with Crippen LogP contribution >= 0.6 is 22.6 Å². The van der Waals surface area contributed by atoms with Crippen molar-refractivity contribution in [2.45, 2.75) is 26.3 Å². The molecule has 0 heterocycles. The number of anilines is 2. The number of ether oxygens (including phenoxy) is 1. The van der Waals surface area contributed by atoms with Gasteiger partial charge in [-0.3, -0.25) is 9.59 Å². The topological polar surface area (TPSA) is 67.4 Å². The van der Waals surface area contributed by atoms with Crippen LogP contribution in [0.5, 0.6) is 0 Å². The molecule has 0 spiro atoms. The zero-order valence-electron chi connectivity index (χ0n) is 14.2. The zero-order valence-corrected chi connectivity index (χ0v) is 16.4. The highest BCUT2D eigenvalue weighted by Crippen LogP contribution is 2.23. The van der Waals surface area contributed by atoms with E-state index < -0.39 is 0 Å². The van der Waals surface area contributed by atoms with Crippen LogP contribution in [0.25, 0.3) is 0 Å². The lowest BCUT2D eigenvalue weighted by molar-refractivity contribution is -0.143.